The van der Waals surface area contributed by atoms with Crippen molar-refractivity contribution >= 4 is 33.1 Å². The normalized spacial score (nSPS) is 13.4. The van der Waals surface area contributed by atoms with Gasteiger partial charge in [0, 0.05) is 36.5 Å². The van der Waals surface area contributed by atoms with E-state index in [1.54, 1.807) is 30.0 Å². The van der Waals surface area contributed by atoms with E-state index in [0.29, 0.717) is 29.0 Å². The van der Waals surface area contributed by atoms with Crippen LogP contribution in [0.15, 0.2) is 24.3 Å². The first-order valence-corrected chi connectivity index (χ1v) is 13.9. The van der Waals surface area contributed by atoms with Crippen LogP contribution >= 0.6 is 0 Å². The highest BCUT2D eigenvalue weighted by atomic mass is 32.2. The third-order valence-electron chi connectivity index (χ3n) is 6.01. The molecule has 2 aromatic carbocycles. The number of ether oxygens (including phenoxy) is 1. The number of carbonyl (C=O) groups is 2. The number of ketones is 1. The van der Waals surface area contributed by atoms with Crippen LogP contribution in [0.1, 0.15) is 65.1 Å². The van der Waals surface area contributed by atoms with E-state index < -0.39 is 21.1 Å². The van der Waals surface area contributed by atoms with Gasteiger partial charge in [0.2, 0.25) is 0 Å². The molecule has 0 spiro atoms. The molecule has 3 rings (SSSR count). The Hall–Kier alpha value is -3.60. The zero-order valence-electron chi connectivity index (χ0n) is 22.0. The van der Waals surface area contributed by atoms with Gasteiger partial charge < -0.3 is 25.4 Å². The molecule has 1 aliphatic rings. The smallest absolute Gasteiger partial charge is 0.254 e. The fourth-order valence-corrected chi connectivity index (χ4v) is 4.55. The summed E-state index contributed by atoms with van der Waals surface area (Å²) < 4.78 is 29.0. The van der Waals surface area contributed by atoms with Crippen molar-refractivity contribution < 1.29 is 27.9 Å². The molecule has 4 N–H and O–H groups in total. The average molecular weight is 531 g/mol. The number of sulfone groups is 1. The number of rotatable bonds is 9. The summed E-state index contributed by atoms with van der Waals surface area (Å²) in [5, 5.41) is 24.7. The average Bonchev–Trinajstić information content (AvgIpc) is 3.10. The Morgan fingerprint density at radius 3 is 2.43 bits per heavy atom. The van der Waals surface area contributed by atoms with Crippen LogP contribution in [0, 0.1) is 5.41 Å². The van der Waals surface area contributed by atoms with Gasteiger partial charge in [-0.05, 0) is 42.2 Å². The van der Waals surface area contributed by atoms with Crippen LogP contribution in [0.25, 0.3) is 0 Å². The molecular weight excluding hydrogens is 496 g/mol. The minimum Gasteiger partial charge on any atom is -0.505 e. The maximum atomic E-state index is 13.4. The van der Waals surface area contributed by atoms with Crippen molar-refractivity contribution in [2.24, 2.45) is 0 Å². The van der Waals surface area contributed by atoms with E-state index in [-0.39, 0.29) is 47.6 Å². The molecule has 10 nitrogen and oxygen atoms in total. The predicted molar refractivity (Wildman–Crippen MR) is 143 cm³/mol. The Balaban J connectivity index is 1.93. The zero-order valence-corrected chi connectivity index (χ0v) is 22.8. The van der Waals surface area contributed by atoms with Gasteiger partial charge in [0.1, 0.15) is 23.2 Å². The monoisotopic (exact) mass is 530 g/mol. The highest BCUT2D eigenvalue weighted by Gasteiger charge is 2.30. The predicted octanol–water partition coefficient (Wildman–Crippen LogP) is 2.89. The van der Waals surface area contributed by atoms with Crippen molar-refractivity contribution in [3.8, 4) is 11.5 Å². The number of hydrogen-bond donors (Lipinski definition) is 4. The van der Waals surface area contributed by atoms with Crippen molar-refractivity contribution in [3.05, 3.63) is 52.1 Å². The molecule has 11 heteroatoms. The van der Waals surface area contributed by atoms with Crippen LogP contribution in [0.5, 0.6) is 11.5 Å². The second-order valence-corrected chi connectivity index (χ2v) is 12.2. The number of benzene rings is 2. The Morgan fingerprint density at radius 1 is 1.19 bits per heavy atom. The van der Waals surface area contributed by atoms with E-state index in [1.807, 2.05) is 20.8 Å². The van der Waals surface area contributed by atoms with Gasteiger partial charge in [-0.25, -0.2) is 8.42 Å². The highest BCUT2D eigenvalue weighted by molar-refractivity contribution is 7.90. The van der Waals surface area contributed by atoms with Crippen molar-refractivity contribution in [2.75, 3.05) is 37.6 Å². The first-order chi connectivity index (χ1) is 17.2. The number of carbonyl (C=O) groups excluding carboxylic acids is 2. The lowest BCUT2D eigenvalue weighted by Gasteiger charge is -2.24. The number of nitrogens with one attached hydrogen (secondary N) is 3. The van der Waals surface area contributed by atoms with E-state index >= 15 is 0 Å². The topological polar surface area (TPSA) is 149 Å². The molecule has 2 aromatic rings. The van der Waals surface area contributed by atoms with E-state index in [0.717, 1.165) is 11.8 Å². The number of amides is 1. The molecule has 1 heterocycles. The third-order valence-corrected chi connectivity index (χ3v) is 6.68. The van der Waals surface area contributed by atoms with Gasteiger partial charge in [-0.3, -0.25) is 15.0 Å². The van der Waals surface area contributed by atoms with Gasteiger partial charge in [0.05, 0.1) is 24.4 Å². The number of Topliss-reactive ketones (excluding diaryl/α,β-unsaturated/α-hetero) is 1. The summed E-state index contributed by atoms with van der Waals surface area (Å²) >= 11 is 0. The molecule has 0 unspecified atom stereocenters. The second-order valence-electron chi connectivity index (χ2n) is 10.1. The quantitative estimate of drug-likeness (QED) is 0.286. The molecule has 0 radical (unpaired) electrons. The van der Waals surface area contributed by atoms with Crippen molar-refractivity contribution in [2.45, 2.75) is 39.7 Å². The van der Waals surface area contributed by atoms with Crippen LogP contribution in [-0.4, -0.2) is 68.3 Å². The van der Waals surface area contributed by atoms with E-state index in [2.05, 4.69) is 10.6 Å². The first kappa shape index (κ1) is 28.0. The summed E-state index contributed by atoms with van der Waals surface area (Å²) in [4.78, 5) is 27.3. The molecule has 0 bridgehead atoms. The van der Waals surface area contributed by atoms with Gasteiger partial charge in [-0.15, -0.1) is 0 Å². The van der Waals surface area contributed by atoms with Crippen LogP contribution in [-0.2, 0) is 21.8 Å². The molecule has 1 amide bonds. The fourth-order valence-electron chi connectivity index (χ4n) is 4.13. The number of phenolic OH excluding ortho intramolecular Hbond substituents is 1. The molecule has 0 atom stereocenters. The summed E-state index contributed by atoms with van der Waals surface area (Å²) in [6.07, 6.45) is 1.07. The fraction of sp³-hybridized carbons (Fsp3) is 0.423. The lowest BCUT2D eigenvalue weighted by Crippen LogP contribution is -2.30. The number of nitrogens with zero attached hydrogens (tertiary/aromatic N) is 1. The number of fused-ring (bicyclic) bond motifs is 1. The molecular formula is C26H34N4O6S. The third kappa shape index (κ3) is 6.22. The lowest BCUT2D eigenvalue weighted by atomic mass is 9.84. The van der Waals surface area contributed by atoms with Crippen LogP contribution in [0.3, 0.4) is 0 Å². The van der Waals surface area contributed by atoms with Crippen LogP contribution in [0.2, 0.25) is 0 Å². The van der Waals surface area contributed by atoms with Gasteiger partial charge in [-0.2, -0.15) is 0 Å². The Bertz CT molecular complexity index is 1360. The first-order valence-electron chi connectivity index (χ1n) is 11.8. The zero-order chi connectivity index (χ0) is 27.7. The summed E-state index contributed by atoms with van der Waals surface area (Å²) in [6, 6.07) is 6.38. The number of aromatic hydroxyl groups is 1. The van der Waals surface area contributed by atoms with Crippen LogP contribution < -0.4 is 15.4 Å². The molecule has 1 aliphatic heterocycles. The molecule has 0 fully saturated rings. The maximum Gasteiger partial charge on any atom is 0.254 e. The van der Waals surface area contributed by atoms with Gasteiger partial charge in [-0.1, -0.05) is 20.8 Å². The summed E-state index contributed by atoms with van der Waals surface area (Å²) in [5.41, 5.74) is 2.08. The minimum absolute atomic E-state index is 0.112. The largest absolute Gasteiger partial charge is 0.505 e. The van der Waals surface area contributed by atoms with Gasteiger partial charge in [0.15, 0.2) is 15.6 Å². The van der Waals surface area contributed by atoms with Crippen molar-refractivity contribution in [3.63, 3.8) is 0 Å². The Labute approximate surface area is 217 Å². The molecule has 200 valence electrons. The van der Waals surface area contributed by atoms with Crippen LogP contribution in [0.4, 0.5) is 5.69 Å². The van der Waals surface area contributed by atoms with E-state index in [1.165, 1.54) is 13.1 Å². The van der Waals surface area contributed by atoms with Crippen molar-refractivity contribution in [1.29, 1.82) is 5.41 Å². The summed E-state index contributed by atoms with van der Waals surface area (Å²) in [7, 11) is -1.85. The van der Waals surface area contributed by atoms with E-state index in [9.17, 15) is 23.1 Å². The maximum absolute atomic E-state index is 13.4. The molecule has 37 heavy (non-hydrogen) atoms. The SMILES string of the molecule is CCOc1cc2c(cc1C(=O)NC)CN(CC(=O)c1cc(NCS(C)(=O)=O)c(O)c(C(C)(C)C)c1)C2=N. The Kier molecular flexibility index (Phi) is 7.87. The molecule has 0 saturated carbocycles. The minimum atomic E-state index is -3.38. The lowest BCUT2D eigenvalue weighted by molar-refractivity contribution is 0.0951. The highest BCUT2D eigenvalue weighted by Crippen LogP contribution is 2.38. The number of anilines is 1. The number of phenols is 1. The van der Waals surface area contributed by atoms with Crippen molar-refractivity contribution in [1.82, 2.24) is 10.2 Å². The Morgan fingerprint density at radius 2 is 1.86 bits per heavy atom. The van der Waals surface area contributed by atoms with E-state index in [4.69, 9.17) is 10.1 Å². The van der Waals surface area contributed by atoms with Gasteiger partial charge >= 0.3 is 0 Å². The standard InChI is InChI=1S/C26H34N4O6S/c1-7-36-22-11-17-16(8-18(22)25(33)28-5)12-30(24(17)27)13-21(31)15-9-19(26(2,3)4)23(32)20(10-15)29-14-37(6,34)35/h8-11,27,29,32H,7,12-14H2,1-6H3,(H,28,33). The summed E-state index contributed by atoms with van der Waals surface area (Å²) in [5.74, 6) is -0.614. The second kappa shape index (κ2) is 10.4. The number of hydrogen-bond acceptors (Lipinski definition) is 8. The molecule has 0 aliphatic carbocycles. The molecule has 0 saturated heterocycles. The van der Waals surface area contributed by atoms with Gasteiger partial charge in [0.25, 0.3) is 5.91 Å². The molecule has 0 aromatic heterocycles. The summed E-state index contributed by atoms with van der Waals surface area (Å²) in [6.45, 7) is 7.94. The number of amidine groups is 1.